The molecule has 0 spiro atoms. The molecule has 0 bridgehead atoms. The quantitative estimate of drug-likeness (QED) is 0.0975. The van der Waals surface area contributed by atoms with Crippen LogP contribution < -0.4 is 24.3 Å². The lowest BCUT2D eigenvalue weighted by Crippen LogP contribution is -2.37. The number of methoxy groups -OCH3 is 2. The van der Waals surface area contributed by atoms with Crippen molar-refractivity contribution >= 4 is 55.8 Å². The molecule has 17 heteroatoms. The second-order valence-electron chi connectivity index (χ2n) is 15.0. The number of carbonyl (C=O) groups is 5. The van der Waals surface area contributed by atoms with E-state index in [0.29, 0.717) is 58.5 Å². The molecule has 66 heavy (non-hydrogen) atoms. The number of rotatable bonds is 15. The Labute approximate surface area is 380 Å². The summed E-state index contributed by atoms with van der Waals surface area (Å²) in [6, 6.07) is 28.6. The zero-order chi connectivity index (χ0) is 47.3. The summed E-state index contributed by atoms with van der Waals surface area (Å²) in [5, 5.41) is 13.7. The highest BCUT2D eigenvalue weighted by molar-refractivity contribution is 7.90. The molecule has 2 aliphatic heterocycles. The number of furan rings is 1. The predicted octanol–water partition coefficient (Wildman–Crippen LogP) is 7.82. The van der Waals surface area contributed by atoms with Gasteiger partial charge in [0.15, 0.2) is 28.8 Å². The Bertz CT molecular complexity index is 3030. The van der Waals surface area contributed by atoms with Gasteiger partial charge in [0, 0.05) is 6.26 Å². The molecule has 1 N–H and O–H groups in total. The molecule has 6 aromatic rings. The number of anilines is 1. The first-order valence-electron chi connectivity index (χ1n) is 20.7. The highest BCUT2D eigenvalue weighted by Gasteiger charge is 2.44. The van der Waals surface area contributed by atoms with E-state index < -0.39 is 51.3 Å². The van der Waals surface area contributed by atoms with Gasteiger partial charge in [0.05, 0.1) is 92.0 Å². The van der Waals surface area contributed by atoms with Crippen LogP contribution in [0.2, 0.25) is 0 Å². The van der Waals surface area contributed by atoms with Crippen LogP contribution in [0.25, 0.3) is 10.8 Å². The molecule has 1 aromatic heterocycles. The first-order valence-corrected chi connectivity index (χ1v) is 22.7. The van der Waals surface area contributed by atoms with E-state index >= 15 is 0 Å². The summed E-state index contributed by atoms with van der Waals surface area (Å²) >= 11 is 0. The number of hydrogen-bond acceptors (Lipinski definition) is 13. The number of hydrogen-bond donors (Lipinski definition) is 1. The van der Waals surface area contributed by atoms with Crippen molar-refractivity contribution in [3.05, 3.63) is 149 Å². The molecule has 0 radical (unpaired) electrons. The highest BCUT2D eigenvalue weighted by Crippen LogP contribution is 2.41. The molecule has 3 heterocycles. The number of carbonyl (C=O) groups excluding carboxylic acids is 5. The van der Waals surface area contributed by atoms with Crippen molar-refractivity contribution < 1.29 is 55.8 Å². The van der Waals surface area contributed by atoms with E-state index in [2.05, 4.69) is 11.4 Å². The van der Waals surface area contributed by atoms with Crippen molar-refractivity contribution in [2.24, 2.45) is 0 Å². The Morgan fingerprint density at radius 3 is 1.86 bits per heavy atom. The van der Waals surface area contributed by atoms with Crippen LogP contribution in [-0.4, -0.2) is 87.2 Å². The first-order chi connectivity index (χ1) is 31.7. The van der Waals surface area contributed by atoms with Gasteiger partial charge in [-0.2, -0.15) is 5.26 Å². The van der Waals surface area contributed by atoms with E-state index in [-0.39, 0.29) is 34.9 Å². The van der Waals surface area contributed by atoms with Crippen LogP contribution in [0.15, 0.2) is 114 Å². The van der Waals surface area contributed by atoms with Gasteiger partial charge < -0.3 is 28.7 Å². The summed E-state index contributed by atoms with van der Waals surface area (Å²) in [5.41, 5.74) is 1.89. The average Bonchev–Trinajstić information content (AvgIpc) is 4.01. The number of imide groups is 2. The molecule has 16 nitrogen and oxygen atoms in total. The summed E-state index contributed by atoms with van der Waals surface area (Å²) < 4.78 is 51.7. The van der Waals surface area contributed by atoms with E-state index in [4.69, 9.17) is 23.4 Å². The molecule has 2 unspecified atom stereocenters. The molecule has 0 saturated carbocycles. The fourth-order valence-corrected chi connectivity index (χ4v) is 8.89. The van der Waals surface area contributed by atoms with Crippen LogP contribution in [0.4, 0.5) is 5.69 Å². The van der Waals surface area contributed by atoms with E-state index in [1.54, 1.807) is 62.6 Å². The molecule has 0 fully saturated rings. The molecule has 2 aliphatic rings. The molecule has 2 atom stereocenters. The zero-order valence-electron chi connectivity index (χ0n) is 36.5. The number of nitrogens with zero attached hydrogens (tertiary/aromatic N) is 3. The minimum atomic E-state index is -3.64. The van der Waals surface area contributed by atoms with Crippen molar-refractivity contribution in [1.82, 2.24) is 9.80 Å². The number of ether oxygens (including phenoxy) is 4. The van der Waals surface area contributed by atoms with E-state index in [1.165, 1.54) is 42.5 Å². The summed E-state index contributed by atoms with van der Waals surface area (Å²) in [6.45, 7) is 4.39. The highest BCUT2D eigenvalue weighted by atomic mass is 32.2. The smallest absolute Gasteiger partial charge is 0.291 e. The molecule has 0 aliphatic carbocycles. The molecule has 5 aromatic carbocycles. The van der Waals surface area contributed by atoms with Gasteiger partial charge in [-0.1, -0.05) is 48.5 Å². The minimum absolute atomic E-state index is 0.0258. The van der Waals surface area contributed by atoms with E-state index in [9.17, 15) is 37.7 Å². The molecule has 8 rings (SSSR count). The third-order valence-corrected chi connectivity index (χ3v) is 11.8. The Morgan fingerprint density at radius 1 is 0.697 bits per heavy atom. The number of amides is 5. The van der Waals surface area contributed by atoms with Gasteiger partial charge in [-0.15, -0.1) is 0 Å². The molecular formula is C49H44N4O12S. The lowest BCUT2D eigenvalue weighted by Gasteiger charge is -2.27. The SMILES string of the molecule is CCOc1cc(C(CC#N)N2C(=O)c3ccc4ccccc4c3C2=O)ccc1OC.CCOc1cc(C(CS(C)(=O)=O)N2C(=O)c3cccc(NC(=O)c4ccco4)c3C2=O)ccc1OC. The lowest BCUT2D eigenvalue weighted by atomic mass is 10.0. The maximum atomic E-state index is 13.6. The summed E-state index contributed by atoms with van der Waals surface area (Å²) in [6.07, 6.45) is 2.34. The van der Waals surface area contributed by atoms with Crippen molar-refractivity contribution in [2.75, 3.05) is 44.8 Å². The van der Waals surface area contributed by atoms with Gasteiger partial charge in [-0.3, -0.25) is 33.8 Å². The number of sulfone groups is 1. The predicted molar refractivity (Wildman–Crippen MR) is 242 cm³/mol. The Morgan fingerprint density at radius 2 is 1.29 bits per heavy atom. The Kier molecular flexibility index (Phi) is 13.5. The van der Waals surface area contributed by atoms with Gasteiger partial charge in [0.25, 0.3) is 29.5 Å². The molecule has 338 valence electrons. The second-order valence-corrected chi connectivity index (χ2v) is 17.2. The largest absolute Gasteiger partial charge is 0.493 e. The standard InChI is InChI=1S/C25H24N2O8S.C24H20N2O4/c1-4-34-21-13-15(10-11-19(21)33-2)18(14-36(3,31)32)27-24(29)16-7-5-8-17(22(16)25(27)30)26-23(28)20-9-6-12-35-20;1-3-30-21-14-16(9-11-20(21)29-2)19(12-13-25)26-23(27)18-10-8-15-6-4-5-7-17(15)22(18)24(26)28/h5-13,18H,4,14H2,1-3H3,(H,26,28);4-11,14,19H,3,12H2,1-2H3. The van der Waals surface area contributed by atoms with Crippen LogP contribution >= 0.6 is 0 Å². The van der Waals surface area contributed by atoms with E-state index in [0.717, 1.165) is 21.9 Å². The van der Waals surface area contributed by atoms with E-state index in [1.807, 2.05) is 37.3 Å². The number of nitrogens with one attached hydrogen (secondary N) is 1. The number of benzene rings is 5. The maximum Gasteiger partial charge on any atom is 0.291 e. The molecule has 0 saturated heterocycles. The summed E-state index contributed by atoms with van der Waals surface area (Å²) in [7, 11) is -0.635. The van der Waals surface area contributed by atoms with Crippen LogP contribution in [-0.2, 0) is 9.84 Å². The third-order valence-electron chi connectivity index (χ3n) is 10.9. The topological polar surface area (TPSA) is 212 Å². The summed E-state index contributed by atoms with van der Waals surface area (Å²) in [4.78, 5) is 68.3. The molecular weight excluding hydrogens is 869 g/mol. The van der Waals surface area contributed by atoms with Crippen molar-refractivity contribution in [2.45, 2.75) is 32.4 Å². The maximum absolute atomic E-state index is 13.6. The van der Waals surface area contributed by atoms with Gasteiger partial charge in [-0.25, -0.2) is 8.42 Å². The molecule has 5 amide bonds. The Hall–Kier alpha value is -7.97. The van der Waals surface area contributed by atoms with Crippen LogP contribution in [0.5, 0.6) is 23.0 Å². The second kappa shape index (κ2) is 19.4. The van der Waals surface area contributed by atoms with Crippen LogP contribution in [0, 0.1) is 11.3 Å². The van der Waals surface area contributed by atoms with Crippen molar-refractivity contribution in [1.29, 1.82) is 5.26 Å². The average molecular weight is 913 g/mol. The van der Waals surface area contributed by atoms with Crippen molar-refractivity contribution in [3.8, 4) is 29.1 Å². The van der Waals surface area contributed by atoms with Crippen LogP contribution in [0.3, 0.4) is 0 Å². The fourth-order valence-electron chi connectivity index (χ4n) is 7.98. The normalized spacial score (nSPS) is 13.9. The van der Waals surface area contributed by atoms with Gasteiger partial charge >= 0.3 is 0 Å². The third kappa shape index (κ3) is 9.04. The van der Waals surface area contributed by atoms with Gasteiger partial charge in [0.2, 0.25) is 0 Å². The van der Waals surface area contributed by atoms with Crippen LogP contribution in [0.1, 0.15) is 95.5 Å². The van der Waals surface area contributed by atoms with Crippen molar-refractivity contribution in [3.63, 3.8) is 0 Å². The lowest BCUT2D eigenvalue weighted by molar-refractivity contribution is 0.0574. The van der Waals surface area contributed by atoms with Gasteiger partial charge in [-0.05, 0) is 90.3 Å². The number of nitriles is 1. The zero-order valence-corrected chi connectivity index (χ0v) is 37.3. The Balaban J connectivity index is 0.000000199. The monoisotopic (exact) mass is 912 g/mol. The fraction of sp³-hybridized carbons (Fsp3) is 0.224. The number of fused-ring (bicyclic) bond motifs is 4. The summed E-state index contributed by atoms with van der Waals surface area (Å²) in [5.74, 6) is -1.45. The minimum Gasteiger partial charge on any atom is -0.493 e. The first kappa shape index (κ1) is 46.0. The van der Waals surface area contributed by atoms with Gasteiger partial charge in [0.1, 0.15) is 9.84 Å².